The first-order valence-electron chi connectivity index (χ1n) is 3.04. The molecule has 2 aromatic rings. The molecule has 2 aromatic heterocycles. The number of hydrogen-bond donors (Lipinski definition) is 3. The van der Waals surface area contributed by atoms with Gasteiger partial charge in [-0.15, -0.1) is 11.3 Å². The topological polar surface area (TPSA) is 77.2 Å². The summed E-state index contributed by atoms with van der Waals surface area (Å²) >= 11 is 1.40. The van der Waals surface area contributed by atoms with E-state index in [1.165, 1.54) is 11.3 Å². The number of hydrogen-bond acceptors (Lipinski definition) is 4. The van der Waals surface area contributed by atoms with E-state index in [9.17, 15) is 5.21 Å². The molecule has 0 aromatic carbocycles. The molecule has 0 aliphatic carbocycles. The molecule has 0 spiro atoms. The molecular weight excluding hydrogens is 162 g/mol. The van der Waals surface area contributed by atoms with Gasteiger partial charge in [0.05, 0.1) is 5.69 Å². The third kappa shape index (κ3) is 0.627. The van der Waals surface area contributed by atoms with Crippen molar-refractivity contribution in [3.63, 3.8) is 0 Å². The summed E-state index contributed by atoms with van der Waals surface area (Å²) in [5.41, 5.74) is 11.5. The predicted octanol–water partition coefficient (Wildman–Crippen LogP) is 1.10. The molecule has 0 unspecified atom stereocenters. The normalized spacial score (nSPS) is 10.9. The van der Waals surface area contributed by atoms with E-state index < -0.39 is 0 Å². The minimum absolute atomic E-state index is 0.215. The SMILES string of the molecule is Nc1c(N)n(O)c2sccc12. The molecule has 2 rings (SSSR count). The average molecular weight is 169 g/mol. The molecule has 2 heterocycles. The number of nitrogen functional groups attached to an aromatic ring is 2. The number of rotatable bonds is 0. The van der Waals surface area contributed by atoms with E-state index >= 15 is 0 Å². The smallest absolute Gasteiger partial charge is 0.165 e. The summed E-state index contributed by atoms with van der Waals surface area (Å²) in [6.07, 6.45) is 0. The molecule has 0 amide bonds. The largest absolute Gasteiger partial charge is 0.426 e. The maximum Gasteiger partial charge on any atom is 0.165 e. The van der Waals surface area contributed by atoms with Gasteiger partial charge in [0.15, 0.2) is 5.82 Å². The van der Waals surface area contributed by atoms with E-state index in [1.807, 2.05) is 11.4 Å². The van der Waals surface area contributed by atoms with Gasteiger partial charge in [0, 0.05) is 5.39 Å². The van der Waals surface area contributed by atoms with E-state index in [2.05, 4.69) is 0 Å². The summed E-state index contributed by atoms with van der Waals surface area (Å²) in [4.78, 5) is 0.694. The van der Waals surface area contributed by atoms with Crippen molar-refractivity contribution in [1.29, 1.82) is 0 Å². The fourth-order valence-corrected chi connectivity index (χ4v) is 1.87. The molecule has 11 heavy (non-hydrogen) atoms. The van der Waals surface area contributed by atoms with Crippen LogP contribution in [0.5, 0.6) is 0 Å². The van der Waals surface area contributed by atoms with Crippen LogP contribution in [-0.2, 0) is 0 Å². The Morgan fingerprint density at radius 3 is 2.82 bits per heavy atom. The summed E-state index contributed by atoms with van der Waals surface area (Å²) in [5, 5.41) is 12.0. The third-order valence-electron chi connectivity index (χ3n) is 1.63. The Balaban J connectivity index is 3.00. The summed E-state index contributed by atoms with van der Waals surface area (Å²) in [6.45, 7) is 0. The molecule has 0 saturated carbocycles. The minimum Gasteiger partial charge on any atom is -0.426 e. The van der Waals surface area contributed by atoms with Crippen molar-refractivity contribution in [1.82, 2.24) is 4.73 Å². The number of fused-ring (bicyclic) bond motifs is 1. The Hall–Kier alpha value is -1.36. The van der Waals surface area contributed by atoms with Gasteiger partial charge in [0.2, 0.25) is 0 Å². The van der Waals surface area contributed by atoms with Crippen LogP contribution >= 0.6 is 11.3 Å². The van der Waals surface area contributed by atoms with Crippen molar-refractivity contribution in [3.05, 3.63) is 11.4 Å². The Kier molecular flexibility index (Phi) is 1.05. The minimum atomic E-state index is 0.215. The van der Waals surface area contributed by atoms with Gasteiger partial charge < -0.3 is 16.7 Å². The van der Waals surface area contributed by atoms with Crippen LogP contribution in [0.2, 0.25) is 0 Å². The Morgan fingerprint density at radius 1 is 1.45 bits per heavy atom. The van der Waals surface area contributed by atoms with Crippen LogP contribution in [0.15, 0.2) is 11.4 Å². The fraction of sp³-hybridized carbons (Fsp3) is 0. The van der Waals surface area contributed by atoms with Gasteiger partial charge in [-0.25, -0.2) is 0 Å². The van der Waals surface area contributed by atoms with Gasteiger partial charge in [-0.1, -0.05) is 0 Å². The van der Waals surface area contributed by atoms with E-state index in [-0.39, 0.29) is 5.82 Å². The first-order valence-corrected chi connectivity index (χ1v) is 3.92. The van der Waals surface area contributed by atoms with Crippen molar-refractivity contribution in [2.24, 2.45) is 0 Å². The van der Waals surface area contributed by atoms with Crippen molar-refractivity contribution in [2.75, 3.05) is 11.5 Å². The zero-order valence-corrected chi connectivity index (χ0v) is 6.43. The standard InChI is InChI=1S/C6H7N3OS/c7-4-3-1-2-11-6(3)9(10)5(4)8/h1-2,10H,7-8H2. The summed E-state index contributed by atoms with van der Waals surface area (Å²) in [5.74, 6) is 0.215. The number of aromatic nitrogens is 1. The van der Waals surface area contributed by atoms with Gasteiger partial charge >= 0.3 is 0 Å². The molecule has 0 bridgehead atoms. The molecular formula is C6H7N3OS. The van der Waals surface area contributed by atoms with Crippen molar-refractivity contribution in [3.8, 4) is 0 Å². The number of anilines is 2. The second-order valence-electron chi connectivity index (χ2n) is 2.25. The highest BCUT2D eigenvalue weighted by Gasteiger charge is 2.11. The highest BCUT2D eigenvalue weighted by molar-refractivity contribution is 7.17. The summed E-state index contributed by atoms with van der Waals surface area (Å²) in [6, 6.07) is 1.83. The molecule has 4 nitrogen and oxygen atoms in total. The molecule has 0 saturated heterocycles. The van der Waals surface area contributed by atoms with E-state index in [4.69, 9.17) is 11.5 Å². The monoisotopic (exact) mass is 169 g/mol. The van der Waals surface area contributed by atoms with Gasteiger partial charge in [-0.3, -0.25) is 0 Å². The summed E-state index contributed by atoms with van der Waals surface area (Å²) in [7, 11) is 0. The van der Waals surface area contributed by atoms with Gasteiger partial charge in [-0.2, -0.15) is 4.73 Å². The third-order valence-corrected chi connectivity index (χ3v) is 2.52. The van der Waals surface area contributed by atoms with Crippen molar-refractivity contribution < 1.29 is 5.21 Å². The summed E-state index contributed by atoms with van der Waals surface area (Å²) < 4.78 is 0.912. The van der Waals surface area contributed by atoms with Crippen LogP contribution in [0.25, 0.3) is 10.2 Å². The molecule has 0 aliphatic heterocycles. The molecule has 0 atom stereocenters. The highest BCUT2D eigenvalue weighted by atomic mass is 32.1. The average Bonchev–Trinajstić information content (AvgIpc) is 2.53. The second-order valence-corrected chi connectivity index (χ2v) is 3.14. The first-order chi connectivity index (χ1) is 5.22. The second kappa shape index (κ2) is 1.82. The lowest BCUT2D eigenvalue weighted by Crippen LogP contribution is -1.98. The lowest BCUT2D eigenvalue weighted by Gasteiger charge is -1.93. The van der Waals surface area contributed by atoms with Crippen molar-refractivity contribution >= 4 is 33.1 Å². The predicted molar refractivity (Wildman–Crippen MR) is 45.8 cm³/mol. The van der Waals surface area contributed by atoms with Gasteiger partial charge in [0.25, 0.3) is 0 Å². The number of thiophene rings is 1. The van der Waals surface area contributed by atoms with Crippen LogP contribution in [0, 0.1) is 0 Å². The molecule has 58 valence electrons. The molecule has 0 aliphatic rings. The quantitative estimate of drug-likeness (QED) is 0.517. The van der Waals surface area contributed by atoms with Crippen LogP contribution in [-0.4, -0.2) is 9.94 Å². The first kappa shape index (κ1) is 6.36. The Labute approximate surface area is 66.6 Å². The molecule has 0 fully saturated rings. The van der Waals surface area contributed by atoms with Crippen LogP contribution in [0.1, 0.15) is 0 Å². The maximum atomic E-state index is 9.29. The molecule has 5 heteroatoms. The number of nitrogens with two attached hydrogens (primary N) is 2. The Bertz CT molecular complexity index is 369. The maximum absolute atomic E-state index is 9.29. The van der Waals surface area contributed by atoms with Crippen LogP contribution in [0.3, 0.4) is 0 Å². The van der Waals surface area contributed by atoms with Crippen LogP contribution in [0.4, 0.5) is 11.5 Å². The highest BCUT2D eigenvalue weighted by Crippen LogP contribution is 2.32. The van der Waals surface area contributed by atoms with Crippen LogP contribution < -0.4 is 11.5 Å². The van der Waals surface area contributed by atoms with Crippen molar-refractivity contribution in [2.45, 2.75) is 0 Å². The molecule has 0 radical (unpaired) electrons. The lowest BCUT2D eigenvalue weighted by molar-refractivity contribution is 0.208. The zero-order chi connectivity index (χ0) is 8.01. The lowest BCUT2D eigenvalue weighted by atomic mass is 10.3. The van der Waals surface area contributed by atoms with E-state index in [0.29, 0.717) is 10.5 Å². The fourth-order valence-electron chi connectivity index (χ4n) is 1.03. The van der Waals surface area contributed by atoms with E-state index in [0.717, 1.165) is 10.1 Å². The van der Waals surface area contributed by atoms with Gasteiger partial charge in [-0.05, 0) is 11.4 Å². The van der Waals surface area contributed by atoms with E-state index in [1.54, 1.807) is 0 Å². The Morgan fingerprint density at radius 2 is 2.18 bits per heavy atom. The molecule has 5 N–H and O–H groups in total. The van der Waals surface area contributed by atoms with Gasteiger partial charge in [0.1, 0.15) is 4.83 Å². The zero-order valence-electron chi connectivity index (χ0n) is 5.61. The number of nitrogens with zero attached hydrogens (tertiary/aromatic N) is 1.